The standard InChI is InChI=1S/C21H33N3O2/c1-15(22)16-10-13-24(14-11-16)19(25)9-12-23-20(26)17-5-7-18(8-6-17)21(2,3)4/h5-8,15-16H,9-14,22H2,1-4H3,(H,23,26). The zero-order chi connectivity index (χ0) is 19.3. The Morgan fingerprint density at radius 2 is 1.77 bits per heavy atom. The summed E-state index contributed by atoms with van der Waals surface area (Å²) in [6.07, 6.45) is 2.28. The van der Waals surface area contributed by atoms with Crippen molar-refractivity contribution < 1.29 is 9.59 Å². The second-order valence-corrected chi connectivity index (χ2v) is 8.41. The smallest absolute Gasteiger partial charge is 0.251 e. The summed E-state index contributed by atoms with van der Waals surface area (Å²) in [5, 5.41) is 2.85. The van der Waals surface area contributed by atoms with Gasteiger partial charge in [0, 0.05) is 37.7 Å². The van der Waals surface area contributed by atoms with E-state index in [1.807, 2.05) is 36.1 Å². The third-order valence-corrected chi connectivity index (χ3v) is 5.27. The molecule has 0 aliphatic carbocycles. The van der Waals surface area contributed by atoms with Crippen LogP contribution in [0.2, 0.25) is 0 Å². The number of piperidine rings is 1. The van der Waals surface area contributed by atoms with E-state index in [1.165, 1.54) is 5.56 Å². The van der Waals surface area contributed by atoms with Gasteiger partial charge in [-0.3, -0.25) is 9.59 Å². The Kier molecular flexibility index (Phi) is 6.81. The molecule has 0 saturated carbocycles. The van der Waals surface area contributed by atoms with Crippen molar-refractivity contribution >= 4 is 11.8 Å². The lowest BCUT2D eigenvalue weighted by atomic mass is 9.87. The lowest BCUT2D eigenvalue weighted by Crippen LogP contribution is -2.43. The van der Waals surface area contributed by atoms with Crippen LogP contribution in [0.15, 0.2) is 24.3 Å². The molecule has 2 amide bonds. The topological polar surface area (TPSA) is 75.4 Å². The fraction of sp³-hybridized carbons (Fsp3) is 0.619. The number of likely N-dealkylation sites (tertiary alicyclic amines) is 1. The Morgan fingerprint density at radius 3 is 2.27 bits per heavy atom. The molecule has 0 bridgehead atoms. The van der Waals surface area contributed by atoms with E-state index in [9.17, 15) is 9.59 Å². The average molecular weight is 360 g/mol. The minimum absolute atomic E-state index is 0.0660. The molecule has 5 nitrogen and oxygen atoms in total. The number of rotatable bonds is 5. The van der Waals surface area contributed by atoms with Gasteiger partial charge in [-0.2, -0.15) is 0 Å². The molecule has 1 heterocycles. The molecule has 0 radical (unpaired) electrons. The van der Waals surface area contributed by atoms with Gasteiger partial charge in [0.25, 0.3) is 5.91 Å². The highest BCUT2D eigenvalue weighted by Gasteiger charge is 2.24. The van der Waals surface area contributed by atoms with Crippen LogP contribution >= 0.6 is 0 Å². The Bertz CT molecular complexity index is 609. The second-order valence-electron chi connectivity index (χ2n) is 8.41. The molecular weight excluding hydrogens is 326 g/mol. The van der Waals surface area contributed by atoms with E-state index in [1.54, 1.807) is 0 Å². The van der Waals surface area contributed by atoms with Crippen molar-refractivity contribution in [1.82, 2.24) is 10.2 Å². The zero-order valence-electron chi connectivity index (χ0n) is 16.5. The largest absolute Gasteiger partial charge is 0.352 e. The van der Waals surface area contributed by atoms with Crippen LogP contribution in [-0.2, 0) is 10.2 Å². The Balaban J connectivity index is 1.75. The van der Waals surface area contributed by atoms with E-state index in [2.05, 4.69) is 26.1 Å². The number of carbonyl (C=O) groups excluding carboxylic acids is 2. The first kappa shape index (κ1) is 20.4. The molecule has 2 rings (SSSR count). The van der Waals surface area contributed by atoms with Crippen LogP contribution in [0.3, 0.4) is 0 Å². The van der Waals surface area contributed by atoms with Crippen LogP contribution in [-0.4, -0.2) is 42.4 Å². The third-order valence-electron chi connectivity index (χ3n) is 5.27. The molecule has 0 spiro atoms. The molecule has 1 saturated heterocycles. The molecule has 1 fully saturated rings. The SMILES string of the molecule is CC(N)C1CCN(C(=O)CCNC(=O)c2ccc(C(C)(C)C)cc2)CC1. The predicted octanol–water partition coefficient (Wildman–Crippen LogP) is 2.69. The number of nitrogens with two attached hydrogens (primary N) is 1. The lowest BCUT2D eigenvalue weighted by Gasteiger charge is -2.33. The monoisotopic (exact) mass is 359 g/mol. The summed E-state index contributed by atoms with van der Waals surface area (Å²) in [7, 11) is 0. The summed E-state index contributed by atoms with van der Waals surface area (Å²) >= 11 is 0. The maximum Gasteiger partial charge on any atom is 0.251 e. The van der Waals surface area contributed by atoms with Gasteiger partial charge in [0.05, 0.1) is 0 Å². The minimum Gasteiger partial charge on any atom is -0.352 e. The van der Waals surface area contributed by atoms with Crippen LogP contribution in [0.25, 0.3) is 0 Å². The van der Waals surface area contributed by atoms with Crippen molar-refractivity contribution in [3.8, 4) is 0 Å². The summed E-state index contributed by atoms with van der Waals surface area (Å²) in [4.78, 5) is 26.4. The molecule has 144 valence electrons. The molecule has 26 heavy (non-hydrogen) atoms. The van der Waals surface area contributed by atoms with Crippen molar-refractivity contribution in [1.29, 1.82) is 0 Å². The van der Waals surface area contributed by atoms with Gasteiger partial charge in [-0.15, -0.1) is 0 Å². The van der Waals surface area contributed by atoms with Crippen molar-refractivity contribution in [3.05, 3.63) is 35.4 Å². The average Bonchev–Trinajstić information content (AvgIpc) is 2.61. The van der Waals surface area contributed by atoms with Gasteiger partial charge in [-0.1, -0.05) is 32.9 Å². The highest BCUT2D eigenvalue weighted by molar-refractivity contribution is 5.94. The zero-order valence-corrected chi connectivity index (χ0v) is 16.5. The molecule has 1 aliphatic rings. The highest BCUT2D eigenvalue weighted by atomic mass is 16.2. The van der Waals surface area contributed by atoms with Gasteiger partial charge in [-0.05, 0) is 48.8 Å². The number of hydrogen-bond donors (Lipinski definition) is 2. The van der Waals surface area contributed by atoms with Gasteiger partial charge < -0.3 is 16.0 Å². The predicted molar refractivity (Wildman–Crippen MR) is 105 cm³/mol. The third kappa shape index (κ3) is 5.56. The summed E-state index contributed by atoms with van der Waals surface area (Å²) in [6, 6.07) is 7.86. The van der Waals surface area contributed by atoms with Crippen molar-refractivity contribution in [3.63, 3.8) is 0 Å². The van der Waals surface area contributed by atoms with Gasteiger partial charge in [0.15, 0.2) is 0 Å². The summed E-state index contributed by atoms with van der Waals surface area (Å²) in [6.45, 7) is 10.4. The number of amides is 2. The molecular formula is C21H33N3O2. The molecule has 0 aromatic heterocycles. The van der Waals surface area contributed by atoms with Crippen molar-refractivity contribution in [2.24, 2.45) is 11.7 Å². The maximum absolute atomic E-state index is 12.3. The van der Waals surface area contributed by atoms with E-state index < -0.39 is 0 Å². The number of benzene rings is 1. The van der Waals surface area contributed by atoms with Crippen LogP contribution in [0.1, 0.15) is 62.9 Å². The van der Waals surface area contributed by atoms with Crippen LogP contribution in [0, 0.1) is 5.92 Å². The van der Waals surface area contributed by atoms with E-state index >= 15 is 0 Å². The fourth-order valence-electron chi connectivity index (χ4n) is 3.34. The van der Waals surface area contributed by atoms with Crippen LogP contribution in [0.4, 0.5) is 0 Å². The first-order valence-electron chi connectivity index (χ1n) is 9.60. The Hall–Kier alpha value is -1.88. The van der Waals surface area contributed by atoms with Crippen molar-refractivity contribution in [2.45, 2.75) is 58.4 Å². The maximum atomic E-state index is 12.3. The van der Waals surface area contributed by atoms with Gasteiger partial charge >= 0.3 is 0 Å². The van der Waals surface area contributed by atoms with E-state index in [-0.39, 0.29) is 23.3 Å². The van der Waals surface area contributed by atoms with Crippen LogP contribution < -0.4 is 11.1 Å². The molecule has 1 unspecified atom stereocenters. The molecule has 5 heteroatoms. The first-order chi connectivity index (χ1) is 12.2. The van der Waals surface area contributed by atoms with E-state index in [0.29, 0.717) is 24.4 Å². The number of nitrogens with zero attached hydrogens (tertiary/aromatic N) is 1. The summed E-state index contributed by atoms with van der Waals surface area (Å²) in [5.74, 6) is 0.486. The number of nitrogens with one attached hydrogen (secondary N) is 1. The molecule has 3 N–H and O–H groups in total. The minimum atomic E-state index is -0.131. The van der Waals surface area contributed by atoms with E-state index in [4.69, 9.17) is 5.73 Å². The van der Waals surface area contributed by atoms with Gasteiger partial charge in [-0.25, -0.2) is 0 Å². The van der Waals surface area contributed by atoms with Crippen molar-refractivity contribution in [2.75, 3.05) is 19.6 Å². The lowest BCUT2D eigenvalue weighted by molar-refractivity contribution is -0.132. The molecule has 1 aliphatic heterocycles. The first-order valence-corrected chi connectivity index (χ1v) is 9.60. The summed E-state index contributed by atoms with van der Waals surface area (Å²) in [5.41, 5.74) is 7.83. The summed E-state index contributed by atoms with van der Waals surface area (Å²) < 4.78 is 0. The van der Waals surface area contributed by atoms with Gasteiger partial charge in [0.2, 0.25) is 5.91 Å². The molecule has 1 aromatic rings. The number of carbonyl (C=O) groups is 2. The number of hydrogen-bond acceptors (Lipinski definition) is 3. The second kappa shape index (κ2) is 8.67. The fourth-order valence-corrected chi connectivity index (χ4v) is 3.34. The quantitative estimate of drug-likeness (QED) is 0.849. The Labute approximate surface area is 157 Å². The molecule has 1 atom stereocenters. The Morgan fingerprint density at radius 1 is 1.19 bits per heavy atom. The van der Waals surface area contributed by atoms with Gasteiger partial charge in [0.1, 0.15) is 0 Å². The molecule has 1 aromatic carbocycles. The normalized spacial score (nSPS) is 17.0. The van der Waals surface area contributed by atoms with E-state index in [0.717, 1.165) is 25.9 Å². The highest BCUT2D eigenvalue weighted by Crippen LogP contribution is 2.22. The van der Waals surface area contributed by atoms with Crippen LogP contribution in [0.5, 0.6) is 0 Å².